The molecule has 0 saturated carbocycles. The Hall–Kier alpha value is -1.71. The summed E-state index contributed by atoms with van der Waals surface area (Å²) >= 11 is 0. The molecule has 4 heteroatoms. The van der Waals surface area contributed by atoms with Gasteiger partial charge in [-0.15, -0.1) is 0 Å². The molecule has 0 N–H and O–H groups in total. The highest BCUT2D eigenvalue weighted by atomic mass is 16.7. The molecule has 110 valence electrons. The number of hydrogen-bond donors (Lipinski definition) is 0. The number of esters is 1. The third-order valence-electron chi connectivity index (χ3n) is 3.53. The summed E-state index contributed by atoms with van der Waals surface area (Å²) in [6.07, 6.45) is 3.23. The van der Waals surface area contributed by atoms with Gasteiger partial charge in [0.1, 0.15) is 11.5 Å². The predicted octanol–water partition coefficient (Wildman–Crippen LogP) is 3.64. The van der Waals surface area contributed by atoms with E-state index in [1.165, 1.54) is 0 Å². The molecule has 0 aliphatic carbocycles. The van der Waals surface area contributed by atoms with E-state index in [1.807, 2.05) is 18.2 Å². The topological polar surface area (TPSA) is 44.8 Å². The third-order valence-corrected chi connectivity index (χ3v) is 3.53. The quantitative estimate of drug-likeness (QED) is 0.564. The summed E-state index contributed by atoms with van der Waals surface area (Å²) in [7, 11) is 0. The summed E-state index contributed by atoms with van der Waals surface area (Å²) in [5.74, 6) is 1.64. The van der Waals surface area contributed by atoms with E-state index in [9.17, 15) is 4.79 Å². The molecule has 2 rings (SSSR count). The van der Waals surface area contributed by atoms with E-state index in [-0.39, 0.29) is 18.7 Å². The maximum absolute atomic E-state index is 11.9. The number of fused-ring (bicyclic) bond motifs is 2. The largest absolute Gasteiger partial charge is 0.466 e. The normalized spacial score (nSPS) is 14.1. The van der Waals surface area contributed by atoms with Gasteiger partial charge in [0.05, 0.1) is 13.0 Å². The molecule has 0 amide bonds. The molecule has 1 aromatic carbocycles. The van der Waals surface area contributed by atoms with Crippen LogP contribution >= 0.6 is 0 Å². The average Bonchev–Trinajstić information content (AvgIpc) is 2.46. The molecule has 0 radical (unpaired) electrons. The van der Waals surface area contributed by atoms with Crippen LogP contribution in [-0.4, -0.2) is 19.4 Å². The Morgan fingerprint density at radius 2 is 2.20 bits per heavy atom. The van der Waals surface area contributed by atoms with E-state index >= 15 is 0 Å². The molecule has 1 atom stereocenters. The Balaban J connectivity index is 2.00. The van der Waals surface area contributed by atoms with Gasteiger partial charge in [-0.2, -0.15) is 0 Å². The summed E-state index contributed by atoms with van der Waals surface area (Å²) in [5.41, 5.74) is 1.06. The van der Waals surface area contributed by atoms with Gasteiger partial charge in [0.15, 0.2) is 0 Å². The molecular weight excluding hydrogens is 256 g/mol. The van der Waals surface area contributed by atoms with Crippen molar-refractivity contribution in [2.45, 2.75) is 45.4 Å². The Bertz CT molecular complexity index is 456. The summed E-state index contributed by atoms with van der Waals surface area (Å²) in [4.78, 5) is 11.9. The highest BCUT2D eigenvalue weighted by Crippen LogP contribution is 2.36. The second-order valence-electron chi connectivity index (χ2n) is 4.99. The third kappa shape index (κ3) is 3.65. The Kier molecular flexibility index (Phi) is 5.27. The highest BCUT2D eigenvalue weighted by Gasteiger charge is 2.21. The molecule has 0 spiro atoms. The van der Waals surface area contributed by atoms with Crippen LogP contribution in [0.5, 0.6) is 11.5 Å². The number of benzene rings is 1. The van der Waals surface area contributed by atoms with Crippen molar-refractivity contribution < 1.29 is 19.0 Å². The lowest BCUT2D eigenvalue weighted by Gasteiger charge is -2.23. The van der Waals surface area contributed by atoms with E-state index in [1.54, 1.807) is 0 Å². The van der Waals surface area contributed by atoms with Crippen LogP contribution in [0.15, 0.2) is 18.2 Å². The first-order valence-corrected chi connectivity index (χ1v) is 7.29. The lowest BCUT2D eigenvalue weighted by Crippen LogP contribution is -2.15. The summed E-state index contributed by atoms with van der Waals surface area (Å²) in [6.45, 7) is 4.91. The number of rotatable bonds is 7. The lowest BCUT2D eigenvalue weighted by atomic mass is 9.92. The van der Waals surface area contributed by atoms with Crippen molar-refractivity contribution in [1.29, 1.82) is 0 Å². The van der Waals surface area contributed by atoms with E-state index in [2.05, 4.69) is 13.8 Å². The van der Waals surface area contributed by atoms with Crippen molar-refractivity contribution in [2.24, 2.45) is 0 Å². The lowest BCUT2D eigenvalue weighted by molar-refractivity contribution is -0.144. The number of ether oxygens (including phenoxy) is 3. The predicted molar refractivity (Wildman–Crippen MR) is 76.1 cm³/mol. The summed E-state index contributed by atoms with van der Waals surface area (Å²) in [5, 5.41) is 0. The second kappa shape index (κ2) is 7.17. The van der Waals surface area contributed by atoms with Crippen molar-refractivity contribution in [3.63, 3.8) is 0 Å². The first-order valence-electron chi connectivity index (χ1n) is 7.29. The molecule has 1 aliphatic heterocycles. The minimum Gasteiger partial charge on any atom is -0.466 e. The number of carbonyl (C=O) groups excluding carboxylic acids is 1. The second-order valence-corrected chi connectivity index (χ2v) is 4.99. The van der Waals surface area contributed by atoms with Crippen molar-refractivity contribution >= 4 is 5.97 Å². The zero-order valence-corrected chi connectivity index (χ0v) is 12.2. The van der Waals surface area contributed by atoms with Gasteiger partial charge in [-0.3, -0.25) is 4.79 Å². The maximum Gasteiger partial charge on any atom is 0.306 e. The Morgan fingerprint density at radius 1 is 1.35 bits per heavy atom. The van der Waals surface area contributed by atoms with E-state index in [0.717, 1.165) is 36.3 Å². The van der Waals surface area contributed by atoms with Gasteiger partial charge in [-0.25, -0.2) is 0 Å². The van der Waals surface area contributed by atoms with E-state index < -0.39 is 0 Å². The van der Waals surface area contributed by atoms with Crippen LogP contribution in [0.2, 0.25) is 0 Å². The van der Waals surface area contributed by atoms with E-state index in [0.29, 0.717) is 13.0 Å². The van der Waals surface area contributed by atoms with Crippen LogP contribution in [0.25, 0.3) is 0 Å². The molecule has 1 unspecified atom stereocenters. The molecule has 1 heterocycles. The molecule has 0 saturated heterocycles. The minimum atomic E-state index is -0.131. The first-order chi connectivity index (χ1) is 9.74. The van der Waals surface area contributed by atoms with Crippen LogP contribution in [0.3, 0.4) is 0 Å². The van der Waals surface area contributed by atoms with Gasteiger partial charge in [-0.1, -0.05) is 26.3 Å². The van der Waals surface area contributed by atoms with E-state index in [4.69, 9.17) is 14.2 Å². The Labute approximate surface area is 120 Å². The smallest absolute Gasteiger partial charge is 0.306 e. The molecule has 1 aliphatic rings. The van der Waals surface area contributed by atoms with Crippen LogP contribution in [-0.2, 0) is 9.53 Å². The Morgan fingerprint density at radius 3 is 2.95 bits per heavy atom. The standard InChI is InChI=1S/C16H22O4/c1-3-5-8-18-16(17)9-12(4-2)14-7-6-13-10-15(14)20-11-19-13/h6-7,10,12H,3-5,8-9,11H2,1-2H3. The van der Waals surface area contributed by atoms with Gasteiger partial charge in [0.2, 0.25) is 6.79 Å². The van der Waals surface area contributed by atoms with Gasteiger partial charge in [-0.05, 0) is 30.4 Å². The summed E-state index contributed by atoms with van der Waals surface area (Å²) in [6, 6.07) is 5.79. The van der Waals surface area contributed by atoms with Crippen molar-refractivity contribution in [2.75, 3.05) is 13.4 Å². The van der Waals surface area contributed by atoms with Gasteiger partial charge >= 0.3 is 5.97 Å². The fraction of sp³-hybridized carbons (Fsp3) is 0.562. The van der Waals surface area contributed by atoms with Crippen molar-refractivity contribution in [3.8, 4) is 11.5 Å². The fourth-order valence-electron chi connectivity index (χ4n) is 2.29. The van der Waals surface area contributed by atoms with Gasteiger partial charge in [0, 0.05) is 6.07 Å². The van der Waals surface area contributed by atoms with Crippen LogP contribution in [0.4, 0.5) is 0 Å². The van der Waals surface area contributed by atoms with Gasteiger partial charge in [0.25, 0.3) is 0 Å². The zero-order chi connectivity index (χ0) is 14.4. The molecule has 4 nitrogen and oxygen atoms in total. The SMILES string of the molecule is CCCCOC(=O)CC(CC)c1ccc2cc1OCO2. The molecule has 1 aromatic rings. The first kappa shape index (κ1) is 14.7. The average molecular weight is 278 g/mol. The minimum absolute atomic E-state index is 0.131. The molecule has 0 fully saturated rings. The zero-order valence-electron chi connectivity index (χ0n) is 12.2. The molecule has 20 heavy (non-hydrogen) atoms. The fourth-order valence-corrected chi connectivity index (χ4v) is 2.29. The molecule has 0 aromatic heterocycles. The number of unbranched alkanes of at least 4 members (excludes halogenated alkanes) is 1. The monoisotopic (exact) mass is 278 g/mol. The van der Waals surface area contributed by atoms with Crippen LogP contribution < -0.4 is 9.47 Å². The highest BCUT2D eigenvalue weighted by molar-refractivity contribution is 5.71. The van der Waals surface area contributed by atoms with Crippen LogP contribution in [0, 0.1) is 0 Å². The van der Waals surface area contributed by atoms with Crippen molar-refractivity contribution in [1.82, 2.24) is 0 Å². The molecule has 2 bridgehead atoms. The van der Waals surface area contributed by atoms with Crippen LogP contribution in [0.1, 0.15) is 51.0 Å². The molecular formula is C16H22O4. The summed E-state index contributed by atoms with van der Waals surface area (Å²) < 4.78 is 16.0. The number of carbonyl (C=O) groups is 1. The number of hydrogen-bond acceptors (Lipinski definition) is 4. The van der Waals surface area contributed by atoms with Crippen molar-refractivity contribution in [3.05, 3.63) is 23.8 Å². The van der Waals surface area contributed by atoms with Gasteiger partial charge < -0.3 is 14.2 Å². The maximum atomic E-state index is 11.9.